The van der Waals surface area contributed by atoms with Crippen LogP contribution in [0.2, 0.25) is 0 Å². The van der Waals surface area contributed by atoms with Crippen LogP contribution in [-0.4, -0.2) is 50.1 Å². The molecule has 0 aromatic carbocycles. The third kappa shape index (κ3) is 13.6. The Kier molecular flexibility index (Phi) is 10.9. The number of carbonyl (C=O) groups excluding carboxylic acids is 1. The molecule has 0 radical (unpaired) electrons. The van der Waals surface area contributed by atoms with Gasteiger partial charge in [0.1, 0.15) is 0 Å². The van der Waals surface area contributed by atoms with Gasteiger partial charge in [-0.25, -0.2) is 0 Å². The monoisotopic (exact) mass is 271 g/mol. The van der Waals surface area contributed by atoms with Crippen LogP contribution < -0.4 is 10.6 Å². The highest BCUT2D eigenvalue weighted by molar-refractivity contribution is 5.75. The summed E-state index contributed by atoms with van der Waals surface area (Å²) in [6, 6.07) is 0.526. The normalized spacial score (nSPS) is 11.6. The van der Waals surface area contributed by atoms with Crippen LogP contribution in [0.4, 0.5) is 0 Å². The number of hydrogen-bond acceptors (Lipinski definition) is 3. The zero-order valence-electron chi connectivity index (χ0n) is 13.5. The van der Waals surface area contributed by atoms with Gasteiger partial charge >= 0.3 is 0 Å². The molecule has 0 aliphatic rings. The van der Waals surface area contributed by atoms with Crippen LogP contribution in [-0.2, 0) is 4.79 Å². The number of rotatable bonds is 11. The second kappa shape index (κ2) is 11.2. The van der Waals surface area contributed by atoms with Gasteiger partial charge in [0, 0.05) is 38.6 Å². The fourth-order valence-electron chi connectivity index (χ4n) is 1.77. The minimum atomic E-state index is 0.174. The summed E-state index contributed by atoms with van der Waals surface area (Å²) >= 11 is 0. The highest BCUT2D eigenvalue weighted by Gasteiger charge is 2.04. The number of likely N-dealkylation sites (N-methyl/N-ethyl adjacent to an activating group) is 1. The van der Waals surface area contributed by atoms with Crippen molar-refractivity contribution in [2.45, 2.75) is 53.0 Å². The maximum atomic E-state index is 11.6. The summed E-state index contributed by atoms with van der Waals surface area (Å²) in [5, 5.41) is 6.36. The van der Waals surface area contributed by atoms with Crippen LogP contribution in [0.1, 0.15) is 47.0 Å². The second-order valence-electron chi connectivity index (χ2n) is 6.05. The van der Waals surface area contributed by atoms with Gasteiger partial charge < -0.3 is 15.5 Å². The van der Waals surface area contributed by atoms with E-state index in [2.05, 4.69) is 50.3 Å². The summed E-state index contributed by atoms with van der Waals surface area (Å²) < 4.78 is 0. The van der Waals surface area contributed by atoms with Crippen LogP contribution in [0.3, 0.4) is 0 Å². The molecule has 4 heteroatoms. The first-order valence-corrected chi connectivity index (χ1v) is 7.60. The van der Waals surface area contributed by atoms with E-state index in [0.29, 0.717) is 12.5 Å². The van der Waals surface area contributed by atoms with E-state index < -0.39 is 0 Å². The van der Waals surface area contributed by atoms with Gasteiger partial charge in [-0.05, 0) is 25.8 Å². The second-order valence-corrected chi connectivity index (χ2v) is 6.05. The maximum Gasteiger partial charge on any atom is 0.221 e. The fourth-order valence-corrected chi connectivity index (χ4v) is 1.77. The molecule has 0 aromatic rings. The van der Waals surface area contributed by atoms with Gasteiger partial charge in [-0.3, -0.25) is 4.79 Å². The predicted octanol–water partition coefficient (Wildman–Crippen LogP) is 1.86. The van der Waals surface area contributed by atoms with E-state index in [4.69, 9.17) is 0 Å². The highest BCUT2D eigenvalue weighted by Crippen LogP contribution is 2.01. The van der Waals surface area contributed by atoms with Crippen LogP contribution in [0.5, 0.6) is 0 Å². The van der Waals surface area contributed by atoms with Crippen molar-refractivity contribution in [1.29, 1.82) is 0 Å². The maximum absolute atomic E-state index is 11.6. The van der Waals surface area contributed by atoms with Gasteiger partial charge in [-0.2, -0.15) is 0 Å². The van der Waals surface area contributed by atoms with E-state index in [1.165, 1.54) is 6.42 Å². The fraction of sp³-hybridized carbons (Fsp3) is 0.933. The van der Waals surface area contributed by atoms with Crippen molar-refractivity contribution in [2.24, 2.45) is 5.92 Å². The lowest BCUT2D eigenvalue weighted by molar-refractivity contribution is -0.121. The minimum Gasteiger partial charge on any atom is -0.356 e. The predicted molar refractivity (Wildman–Crippen MR) is 82.3 cm³/mol. The molecule has 0 aliphatic carbocycles. The molecule has 19 heavy (non-hydrogen) atoms. The standard InChI is InChI=1S/C15H33N3O/c1-13(2)7-6-9-17-15(19)8-11-18(5)12-10-16-14(3)4/h13-14,16H,6-12H2,1-5H3,(H,17,19). The summed E-state index contributed by atoms with van der Waals surface area (Å²) in [5.41, 5.74) is 0. The Labute approximate surface area is 119 Å². The van der Waals surface area contributed by atoms with E-state index in [0.717, 1.165) is 38.5 Å². The highest BCUT2D eigenvalue weighted by atomic mass is 16.1. The Hall–Kier alpha value is -0.610. The first-order chi connectivity index (χ1) is 8.91. The molecule has 0 saturated carbocycles. The molecule has 0 unspecified atom stereocenters. The van der Waals surface area contributed by atoms with E-state index in [1.807, 2.05) is 0 Å². The molecule has 0 saturated heterocycles. The summed E-state index contributed by atoms with van der Waals surface area (Å²) in [7, 11) is 2.06. The molecule has 114 valence electrons. The lowest BCUT2D eigenvalue weighted by Crippen LogP contribution is -2.35. The molecule has 1 amide bonds. The zero-order chi connectivity index (χ0) is 14.7. The average molecular weight is 271 g/mol. The van der Waals surface area contributed by atoms with Crippen LogP contribution in [0.15, 0.2) is 0 Å². The van der Waals surface area contributed by atoms with E-state index >= 15 is 0 Å². The van der Waals surface area contributed by atoms with Crippen LogP contribution in [0.25, 0.3) is 0 Å². The number of hydrogen-bond donors (Lipinski definition) is 2. The Morgan fingerprint density at radius 3 is 2.37 bits per heavy atom. The van der Waals surface area contributed by atoms with Crippen molar-refractivity contribution in [2.75, 3.05) is 33.2 Å². The number of nitrogens with zero attached hydrogens (tertiary/aromatic N) is 1. The summed E-state index contributed by atoms with van der Waals surface area (Å²) in [4.78, 5) is 13.8. The zero-order valence-corrected chi connectivity index (χ0v) is 13.5. The van der Waals surface area contributed by atoms with E-state index in [-0.39, 0.29) is 5.91 Å². The first kappa shape index (κ1) is 18.4. The third-order valence-electron chi connectivity index (χ3n) is 3.05. The Bertz CT molecular complexity index is 229. The molecule has 0 aliphatic heterocycles. The minimum absolute atomic E-state index is 0.174. The summed E-state index contributed by atoms with van der Waals surface area (Å²) in [6.45, 7) is 12.3. The van der Waals surface area contributed by atoms with Crippen molar-refractivity contribution < 1.29 is 4.79 Å². The lowest BCUT2D eigenvalue weighted by Gasteiger charge is -2.17. The largest absolute Gasteiger partial charge is 0.356 e. The molecule has 0 atom stereocenters. The van der Waals surface area contributed by atoms with Gasteiger partial charge in [0.15, 0.2) is 0 Å². The Morgan fingerprint density at radius 1 is 1.11 bits per heavy atom. The quantitative estimate of drug-likeness (QED) is 0.564. The number of carbonyl (C=O) groups is 1. The average Bonchev–Trinajstić information content (AvgIpc) is 2.31. The molecular weight excluding hydrogens is 238 g/mol. The van der Waals surface area contributed by atoms with Crippen molar-refractivity contribution in [3.05, 3.63) is 0 Å². The van der Waals surface area contributed by atoms with Crippen molar-refractivity contribution >= 4 is 5.91 Å². The molecule has 0 spiro atoms. The van der Waals surface area contributed by atoms with Crippen molar-refractivity contribution in [1.82, 2.24) is 15.5 Å². The van der Waals surface area contributed by atoms with Gasteiger partial charge in [0.25, 0.3) is 0 Å². The smallest absolute Gasteiger partial charge is 0.221 e. The van der Waals surface area contributed by atoms with Gasteiger partial charge in [0.2, 0.25) is 5.91 Å². The molecule has 0 rings (SSSR count). The molecule has 0 heterocycles. The third-order valence-corrected chi connectivity index (χ3v) is 3.05. The van der Waals surface area contributed by atoms with E-state index in [1.54, 1.807) is 0 Å². The van der Waals surface area contributed by atoms with Crippen molar-refractivity contribution in [3.63, 3.8) is 0 Å². The van der Waals surface area contributed by atoms with Crippen molar-refractivity contribution in [3.8, 4) is 0 Å². The molecule has 0 aromatic heterocycles. The molecule has 4 nitrogen and oxygen atoms in total. The number of nitrogens with one attached hydrogen (secondary N) is 2. The molecular formula is C15H33N3O. The van der Waals surface area contributed by atoms with Crippen LogP contribution in [0, 0.1) is 5.92 Å². The Balaban J connectivity index is 3.45. The van der Waals surface area contributed by atoms with Gasteiger partial charge in [0.05, 0.1) is 0 Å². The summed E-state index contributed by atoms with van der Waals surface area (Å²) in [6.07, 6.45) is 2.86. The van der Waals surface area contributed by atoms with Gasteiger partial charge in [-0.15, -0.1) is 0 Å². The number of amides is 1. The molecule has 2 N–H and O–H groups in total. The SMILES string of the molecule is CC(C)CCCNC(=O)CCN(C)CCNC(C)C. The Morgan fingerprint density at radius 2 is 1.79 bits per heavy atom. The van der Waals surface area contributed by atoms with Gasteiger partial charge in [-0.1, -0.05) is 27.7 Å². The molecule has 0 bridgehead atoms. The van der Waals surface area contributed by atoms with Crippen LogP contribution >= 0.6 is 0 Å². The molecule has 0 fully saturated rings. The topological polar surface area (TPSA) is 44.4 Å². The van der Waals surface area contributed by atoms with E-state index in [9.17, 15) is 4.79 Å². The lowest BCUT2D eigenvalue weighted by atomic mass is 10.1. The first-order valence-electron chi connectivity index (χ1n) is 7.60. The summed E-state index contributed by atoms with van der Waals surface area (Å²) in [5.74, 6) is 0.893.